The molecule has 0 unspecified atom stereocenters. The normalized spacial score (nSPS) is 34.3. The second-order valence-electron chi connectivity index (χ2n) is 8.71. The molecule has 26 heavy (non-hydrogen) atoms. The largest absolute Gasteiger partial charge is 0.354 e. The van der Waals surface area contributed by atoms with Gasteiger partial charge in [-0.3, -0.25) is 9.59 Å². The van der Waals surface area contributed by atoms with E-state index in [1.54, 1.807) is 0 Å². The molecular weight excluding hydrogens is 348 g/mol. The number of thiazole rings is 1. The monoisotopic (exact) mass is 374 g/mol. The second kappa shape index (κ2) is 5.44. The van der Waals surface area contributed by atoms with Crippen LogP contribution in [0.5, 0.6) is 0 Å². The Balaban J connectivity index is 1.30. The van der Waals surface area contributed by atoms with Crippen LogP contribution in [0.4, 0.5) is 5.13 Å². The van der Waals surface area contributed by atoms with Gasteiger partial charge in [-0.15, -0.1) is 0 Å². The molecule has 1 aromatic rings. The van der Waals surface area contributed by atoms with E-state index in [9.17, 15) is 9.59 Å². The fourth-order valence-electron chi connectivity index (χ4n) is 5.45. The third-order valence-electron chi connectivity index (χ3n) is 6.96. The lowest BCUT2D eigenvalue weighted by Gasteiger charge is -2.36. The fourth-order valence-corrected chi connectivity index (χ4v) is 6.40. The standard InChI is InChI=1S/C19H26N4O2S/c1-11-15(26-18(20-11)21(2)3)16(24)22-9-14-7-13(22)10-23(14)17(25)19-6-4-5-12(19)8-19/h12-14H,4-10H2,1-3H3/t12-,13+,14+,19-/m1/s1. The summed E-state index contributed by atoms with van der Waals surface area (Å²) in [6, 6.07) is 0.394. The number of hydrogen-bond donors (Lipinski definition) is 0. The summed E-state index contributed by atoms with van der Waals surface area (Å²) in [7, 11) is 3.89. The first-order valence-corrected chi connectivity index (χ1v) is 10.5. The number of carbonyl (C=O) groups is 2. The van der Waals surface area contributed by atoms with Crippen LogP contribution in [0.1, 0.15) is 47.5 Å². The van der Waals surface area contributed by atoms with Crippen LogP contribution in [0.2, 0.25) is 0 Å². The Labute approximate surface area is 158 Å². The van der Waals surface area contributed by atoms with Gasteiger partial charge in [0.1, 0.15) is 4.88 Å². The maximum Gasteiger partial charge on any atom is 0.266 e. The number of nitrogens with zero attached hydrogens (tertiary/aromatic N) is 4. The average molecular weight is 375 g/mol. The van der Waals surface area contributed by atoms with Crippen molar-refractivity contribution in [1.82, 2.24) is 14.8 Å². The SMILES string of the molecule is Cc1nc(N(C)C)sc1C(=O)N1C[C@@H]2C[C@H]1CN2C(=O)[C@@]12CCC[C@@H]1C2. The highest BCUT2D eigenvalue weighted by Crippen LogP contribution is 2.64. The summed E-state index contributed by atoms with van der Waals surface area (Å²) in [5.41, 5.74) is 0.804. The van der Waals surface area contributed by atoms with Crippen molar-refractivity contribution in [2.45, 2.75) is 51.1 Å². The molecule has 2 bridgehead atoms. The zero-order valence-electron chi connectivity index (χ0n) is 15.7. The number of carbonyl (C=O) groups excluding carboxylic acids is 2. The van der Waals surface area contributed by atoms with Gasteiger partial charge in [-0.05, 0) is 38.5 Å². The third-order valence-corrected chi connectivity index (χ3v) is 8.27. The summed E-state index contributed by atoms with van der Waals surface area (Å²) in [6.07, 6.45) is 5.58. The van der Waals surface area contributed by atoms with Gasteiger partial charge in [0.15, 0.2) is 5.13 Å². The summed E-state index contributed by atoms with van der Waals surface area (Å²) in [6.45, 7) is 3.32. The van der Waals surface area contributed by atoms with E-state index in [0.29, 0.717) is 18.4 Å². The van der Waals surface area contributed by atoms with Gasteiger partial charge in [0.05, 0.1) is 23.2 Å². The van der Waals surface area contributed by atoms with Crippen molar-refractivity contribution in [2.24, 2.45) is 11.3 Å². The number of aromatic nitrogens is 1. The third kappa shape index (κ3) is 2.19. The second-order valence-corrected chi connectivity index (χ2v) is 9.69. The minimum Gasteiger partial charge on any atom is -0.354 e. The fraction of sp³-hybridized carbons (Fsp3) is 0.737. The Kier molecular flexibility index (Phi) is 3.46. The van der Waals surface area contributed by atoms with Crippen LogP contribution in [-0.2, 0) is 4.79 Å². The van der Waals surface area contributed by atoms with Crippen molar-refractivity contribution in [3.05, 3.63) is 10.6 Å². The number of likely N-dealkylation sites (tertiary alicyclic amines) is 2. The van der Waals surface area contributed by atoms with Gasteiger partial charge in [0.25, 0.3) is 5.91 Å². The van der Waals surface area contributed by atoms with E-state index >= 15 is 0 Å². The molecule has 5 rings (SSSR count). The molecule has 1 aromatic heterocycles. The summed E-state index contributed by atoms with van der Waals surface area (Å²) in [5.74, 6) is 1.13. The molecule has 3 heterocycles. The van der Waals surface area contributed by atoms with Gasteiger partial charge in [-0.1, -0.05) is 17.8 Å². The predicted octanol–water partition coefficient (Wildman–Crippen LogP) is 2.13. The minimum absolute atomic E-state index is 0.00576. The number of hydrogen-bond acceptors (Lipinski definition) is 5. The number of amides is 2. The quantitative estimate of drug-likeness (QED) is 0.813. The summed E-state index contributed by atoms with van der Waals surface area (Å²) < 4.78 is 0. The van der Waals surface area contributed by atoms with E-state index in [-0.39, 0.29) is 23.4 Å². The molecule has 2 saturated carbocycles. The first-order chi connectivity index (χ1) is 12.4. The van der Waals surface area contributed by atoms with Gasteiger partial charge in [-0.2, -0.15) is 0 Å². The highest BCUT2D eigenvalue weighted by atomic mass is 32.1. The number of piperazine rings is 1. The van der Waals surface area contributed by atoms with E-state index in [1.165, 1.54) is 24.2 Å². The summed E-state index contributed by atoms with van der Waals surface area (Å²) in [5, 5.41) is 0.868. The molecule has 2 aliphatic carbocycles. The Morgan fingerprint density at radius 2 is 1.96 bits per heavy atom. The molecule has 4 aliphatic rings. The molecule has 4 fully saturated rings. The van der Waals surface area contributed by atoms with Crippen molar-refractivity contribution in [3.63, 3.8) is 0 Å². The molecule has 0 spiro atoms. The van der Waals surface area contributed by atoms with E-state index in [0.717, 1.165) is 41.5 Å². The van der Waals surface area contributed by atoms with Gasteiger partial charge < -0.3 is 14.7 Å². The van der Waals surface area contributed by atoms with Crippen molar-refractivity contribution in [1.29, 1.82) is 0 Å². The molecule has 7 heteroatoms. The van der Waals surface area contributed by atoms with Gasteiger partial charge in [-0.25, -0.2) is 4.98 Å². The zero-order chi connectivity index (χ0) is 18.2. The Bertz CT molecular complexity index is 791. The smallest absolute Gasteiger partial charge is 0.266 e. The highest BCUT2D eigenvalue weighted by molar-refractivity contribution is 7.17. The van der Waals surface area contributed by atoms with Crippen LogP contribution in [0, 0.1) is 18.3 Å². The van der Waals surface area contributed by atoms with Gasteiger partial charge in [0, 0.05) is 27.2 Å². The number of anilines is 1. The Hall–Kier alpha value is -1.63. The van der Waals surface area contributed by atoms with Crippen LogP contribution in [-0.4, -0.2) is 65.9 Å². The maximum absolute atomic E-state index is 13.1. The lowest BCUT2D eigenvalue weighted by Crippen LogP contribution is -2.52. The van der Waals surface area contributed by atoms with Crippen LogP contribution in [0.25, 0.3) is 0 Å². The highest BCUT2D eigenvalue weighted by Gasteiger charge is 2.64. The topological polar surface area (TPSA) is 56.8 Å². The Morgan fingerprint density at radius 1 is 1.23 bits per heavy atom. The molecule has 4 atom stereocenters. The van der Waals surface area contributed by atoms with Crippen LogP contribution in [0.15, 0.2) is 0 Å². The lowest BCUT2D eigenvalue weighted by atomic mass is 10.0. The molecule has 0 radical (unpaired) electrons. The number of aryl methyl sites for hydroxylation is 1. The van der Waals surface area contributed by atoms with Crippen LogP contribution >= 0.6 is 11.3 Å². The minimum atomic E-state index is -0.00576. The molecular formula is C19H26N4O2S. The van der Waals surface area contributed by atoms with Crippen molar-refractivity contribution >= 4 is 28.3 Å². The lowest BCUT2D eigenvalue weighted by molar-refractivity contribution is -0.139. The maximum atomic E-state index is 13.1. The van der Waals surface area contributed by atoms with Crippen LogP contribution < -0.4 is 4.90 Å². The van der Waals surface area contributed by atoms with Crippen molar-refractivity contribution < 1.29 is 9.59 Å². The molecule has 140 valence electrons. The van der Waals surface area contributed by atoms with Gasteiger partial charge in [0.2, 0.25) is 5.91 Å². The van der Waals surface area contributed by atoms with E-state index < -0.39 is 0 Å². The summed E-state index contributed by atoms with van der Waals surface area (Å²) >= 11 is 1.47. The number of rotatable bonds is 3. The molecule has 2 amide bonds. The van der Waals surface area contributed by atoms with Crippen molar-refractivity contribution in [3.8, 4) is 0 Å². The molecule has 0 aromatic carbocycles. The van der Waals surface area contributed by atoms with Gasteiger partial charge >= 0.3 is 0 Å². The summed E-state index contributed by atoms with van der Waals surface area (Å²) in [4.78, 5) is 37.5. The predicted molar refractivity (Wildman–Crippen MR) is 101 cm³/mol. The Morgan fingerprint density at radius 3 is 2.50 bits per heavy atom. The first-order valence-electron chi connectivity index (χ1n) is 9.67. The van der Waals surface area contributed by atoms with E-state index in [2.05, 4.69) is 9.88 Å². The molecule has 6 nitrogen and oxygen atoms in total. The van der Waals surface area contributed by atoms with E-state index in [1.807, 2.05) is 30.8 Å². The zero-order valence-corrected chi connectivity index (χ0v) is 16.5. The molecule has 0 N–H and O–H groups in total. The van der Waals surface area contributed by atoms with Crippen molar-refractivity contribution in [2.75, 3.05) is 32.1 Å². The average Bonchev–Trinajstić information content (AvgIpc) is 3.12. The van der Waals surface area contributed by atoms with E-state index in [4.69, 9.17) is 0 Å². The first kappa shape index (κ1) is 16.5. The number of fused-ring (bicyclic) bond motifs is 3. The van der Waals surface area contributed by atoms with Crippen LogP contribution in [0.3, 0.4) is 0 Å². The molecule has 2 aliphatic heterocycles. The molecule has 2 saturated heterocycles.